The van der Waals surface area contributed by atoms with Crippen LogP contribution >= 0.6 is 0 Å². The summed E-state index contributed by atoms with van der Waals surface area (Å²) >= 11 is 0. The van der Waals surface area contributed by atoms with Crippen molar-refractivity contribution in [3.8, 4) is 6.07 Å². The highest BCUT2D eigenvalue weighted by molar-refractivity contribution is 7.89. The van der Waals surface area contributed by atoms with Crippen molar-refractivity contribution < 1.29 is 13.2 Å². The van der Waals surface area contributed by atoms with Crippen molar-refractivity contribution in [2.24, 2.45) is 0 Å². The highest BCUT2D eigenvalue weighted by Gasteiger charge is 2.17. The van der Waals surface area contributed by atoms with Crippen LogP contribution in [0.25, 0.3) is 0 Å². The average molecular weight is 309 g/mol. The minimum atomic E-state index is -3.52. The molecule has 0 spiro atoms. The molecule has 114 valence electrons. The molecule has 0 bridgehead atoms. The zero-order chi connectivity index (χ0) is 15.9. The first kappa shape index (κ1) is 17.1. The number of benzene rings is 1. The number of hydrogen-bond donors (Lipinski definition) is 1. The van der Waals surface area contributed by atoms with Gasteiger partial charge in [-0.3, -0.25) is 4.79 Å². The Morgan fingerprint density at radius 2 is 1.90 bits per heavy atom. The third-order valence-corrected chi connectivity index (χ3v) is 4.35. The van der Waals surface area contributed by atoms with Crippen LogP contribution in [0.4, 0.5) is 0 Å². The molecular weight excluding hydrogens is 290 g/mol. The lowest BCUT2D eigenvalue weighted by Crippen LogP contribution is -2.32. The summed E-state index contributed by atoms with van der Waals surface area (Å²) in [6.07, 6.45) is 0.750. The van der Waals surface area contributed by atoms with E-state index in [9.17, 15) is 13.2 Å². The van der Waals surface area contributed by atoms with E-state index in [0.717, 1.165) is 6.42 Å². The summed E-state index contributed by atoms with van der Waals surface area (Å²) in [4.78, 5) is 13.8. The van der Waals surface area contributed by atoms with Crippen LogP contribution in [0.2, 0.25) is 0 Å². The minimum Gasteiger partial charge on any atom is -0.325 e. The van der Waals surface area contributed by atoms with Gasteiger partial charge in [-0.25, -0.2) is 13.1 Å². The first-order valence-corrected chi connectivity index (χ1v) is 8.20. The molecule has 0 aromatic heterocycles. The summed E-state index contributed by atoms with van der Waals surface area (Å²) in [5, 5.41) is 8.74. The van der Waals surface area contributed by atoms with E-state index in [1.54, 1.807) is 6.92 Å². The molecule has 0 atom stereocenters. The standard InChI is InChI=1S/C14H19N3O3S/c1-3-10-17(11-9-15)14(18)12-5-7-13(8-6-12)21(19,20)16-4-2/h5-8,16H,3-4,10-11H2,1-2H3. The number of nitriles is 1. The molecule has 0 aliphatic carbocycles. The van der Waals surface area contributed by atoms with Gasteiger partial charge >= 0.3 is 0 Å². The zero-order valence-electron chi connectivity index (χ0n) is 12.2. The van der Waals surface area contributed by atoms with Crippen LogP contribution < -0.4 is 4.72 Å². The first-order valence-electron chi connectivity index (χ1n) is 6.72. The number of nitrogens with one attached hydrogen (secondary N) is 1. The third kappa shape index (κ3) is 4.55. The lowest BCUT2D eigenvalue weighted by atomic mass is 10.2. The van der Waals surface area contributed by atoms with Gasteiger partial charge in [-0.2, -0.15) is 5.26 Å². The number of carbonyl (C=O) groups excluding carboxylic acids is 1. The number of hydrogen-bond acceptors (Lipinski definition) is 4. The van der Waals surface area contributed by atoms with Gasteiger partial charge in [0.25, 0.3) is 5.91 Å². The molecule has 6 nitrogen and oxygen atoms in total. The predicted molar refractivity (Wildman–Crippen MR) is 79.1 cm³/mol. The van der Waals surface area contributed by atoms with E-state index in [4.69, 9.17) is 5.26 Å². The van der Waals surface area contributed by atoms with Crippen molar-refractivity contribution >= 4 is 15.9 Å². The number of rotatable bonds is 7. The Balaban J connectivity index is 2.96. The van der Waals surface area contributed by atoms with Gasteiger partial charge in [0.15, 0.2) is 0 Å². The maximum absolute atomic E-state index is 12.2. The van der Waals surface area contributed by atoms with Gasteiger partial charge in [-0.15, -0.1) is 0 Å². The molecule has 0 heterocycles. The van der Waals surface area contributed by atoms with Gasteiger partial charge in [-0.05, 0) is 30.7 Å². The molecule has 0 aliphatic heterocycles. The van der Waals surface area contributed by atoms with Crippen LogP contribution in [0.1, 0.15) is 30.6 Å². The number of carbonyl (C=O) groups is 1. The molecule has 1 N–H and O–H groups in total. The molecule has 0 saturated carbocycles. The Hall–Kier alpha value is -1.91. The molecule has 1 amide bonds. The number of nitrogens with zero attached hydrogens (tertiary/aromatic N) is 2. The second-order valence-corrected chi connectivity index (χ2v) is 6.18. The van der Waals surface area contributed by atoms with Crippen molar-refractivity contribution in [3.05, 3.63) is 29.8 Å². The lowest BCUT2D eigenvalue weighted by molar-refractivity contribution is 0.0776. The maximum Gasteiger partial charge on any atom is 0.254 e. The number of sulfonamides is 1. The highest BCUT2D eigenvalue weighted by atomic mass is 32.2. The smallest absolute Gasteiger partial charge is 0.254 e. The fraction of sp³-hybridized carbons (Fsp3) is 0.429. The first-order chi connectivity index (χ1) is 9.96. The van der Waals surface area contributed by atoms with Crippen molar-refractivity contribution in [2.75, 3.05) is 19.6 Å². The summed E-state index contributed by atoms with van der Waals surface area (Å²) < 4.78 is 26.0. The van der Waals surface area contributed by atoms with Gasteiger partial charge in [-0.1, -0.05) is 13.8 Å². The number of amides is 1. The van der Waals surface area contributed by atoms with Crippen LogP contribution in [0.15, 0.2) is 29.2 Å². The molecule has 0 aliphatic rings. The second kappa shape index (κ2) is 7.76. The lowest BCUT2D eigenvalue weighted by Gasteiger charge is -2.18. The molecule has 1 aromatic rings. The van der Waals surface area contributed by atoms with E-state index >= 15 is 0 Å². The third-order valence-electron chi connectivity index (χ3n) is 2.79. The van der Waals surface area contributed by atoms with Crippen molar-refractivity contribution in [1.82, 2.24) is 9.62 Å². The minimum absolute atomic E-state index is 0.0180. The monoisotopic (exact) mass is 309 g/mol. The fourth-order valence-corrected chi connectivity index (χ4v) is 2.88. The van der Waals surface area contributed by atoms with Crippen molar-refractivity contribution in [2.45, 2.75) is 25.2 Å². The van der Waals surface area contributed by atoms with Crippen molar-refractivity contribution in [3.63, 3.8) is 0 Å². The van der Waals surface area contributed by atoms with Crippen LogP contribution in [0, 0.1) is 11.3 Å². The van der Waals surface area contributed by atoms with Gasteiger partial charge in [0, 0.05) is 18.7 Å². The summed E-state index contributed by atoms with van der Waals surface area (Å²) in [6.45, 7) is 4.42. The summed E-state index contributed by atoms with van der Waals surface area (Å²) in [7, 11) is -3.52. The van der Waals surface area contributed by atoms with Crippen LogP contribution in [0.3, 0.4) is 0 Å². The normalized spacial score (nSPS) is 10.9. The SMILES string of the molecule is CCCN(CC#N)C(=O)c1ccc(S(=O)(=O)NCC)cc1. The molecule has 1 aromatic carbocycles. The highest BCUT2D eigenvalue weighted by Crippen LogP contribution is 2.12. The average Bonchev–Trinajstić information content (AvgIpc) is 2.46. The zero-order valence-corrected chi connectivity index (χ0v) is 13.0. The molecule has 0 radical (unpaired) electrons. The molecule has 0 saturated heterocycles. The summed E-state index contributed by atoms with van der Waals surface area (Å²) in [6, 6.07) is 7.67. The van der Waals surface area contributed by atoms with E-state index in [-0.39, 0.29) is 17.3 Å². The Morgan fingerprint density at radius 1 is 1.29 bits per heavy atom. The Bertz CT molecular complexity index is 618. The van der Waals surface area contributed by atoms with E-state index < -0.39 is 10.0 Å². The summed E-state index contributed by atoms with van der Waals surface area (Å²) in [5.74, 6) is -0.272. The Labute approximate surface area is 125 Å². The Kier molecular flexibility index (Phi) is 6.34. The van der Waals surface area contributed by atoms with Crippen LogP contribution in [0.5, 0.6) is 0 Å². The van der Waals surface area contributed by atoms with Gasteiger partial charge in [0.2, 0.25) is 10.0 Å². The summed E-state index contributed by atoms with van der Waals surface area (Å²) in [5.41, 5.74) is 0.370. The predicted octanol–water partition coefficient (Wildman–Crippen LogP) is 1.36. The van der Waals surface area contributed by atoms with Crippen LogP contribution in [-0.4, -0.2) is 38.9 Å². The van der Waals surface area contributed by atoms with E-state index in [1.807, 2.05) is 13.0 Å². The maximum atomic E-state index is 12.2. The topological polar surface area (TPSA) is 90.3 Å². The molecule has 0 unspecified atom stereocenters. The largest absolute Gasteiger partial charge is 0.325 e. The molecular formula is C14H19N3O3S. The van der Waals surface area contributed by atoms with Gasteiger partial charge in [0.05, 0.1) is 11.0 Å². The quantitative estimate of drug-likeness (QED) is 0.770. The fourth-order valence-electron chi connectivity index (χ4n) is 1.84. The van der Waals surface area contributed by atoms with E-state index in [0.29, 0.717) is 18.7 Å². The van der Waals surface area contributed by atoms with E-state index in [2.05, 4.69) is 4.72 Å². The second-order valence-electron chi connectivity index (χ2n) is 4.41. The van der Waals surface area contributed by atoms with Gasteiger partial charge < -0.3 is 4.90 Å². The van der Waals surface area contributed by atoms with Crippen LogP contribution in [-0.2, 0) is 10.0 Å². The molecule has 7 heteroatoms. The van der Waals surface area contributed by atoms with E-state index in [1.165, 1.54) is 29.2 Å². The molecule has 1 rings (SSSR count). The molecule has 21 heavy (non-hydrogen) atoms. The molecule has 0 fully saturated rings. The van der Waals surface area contributed by atoms with Gasteiger partial charge in [0.1, 0.15) is 6.54 Å². The van der Waals surface area contributed by atoms with Crippen molar-refractivity contribution in [1.29, 1.82) is 5.26 Å². The Morgan fingerprint density at radius 3 is 2.38 bits per heavy atom.